The molecule has 0 atom stereocenters. The van der Waals surface area contributed by atoms with E-state index in [2.05, 4.69) is 47.3 Å². The molecule has 0 unspecified atom stereocenters. The van der Waals surface area contributed by atoms with Crippen molar-refractivity contribution in [3.63, 3.8) is 0 Å². The van der Waals surface area contributed by atoms with E-state index in [1.54, 1.807) is 0 Å². The molecular weight excluding hydrogens is 328 g/mol. The minimum Gasteiger partial charge on any atom is -0.356 e. The van der Waals surface area contributed by atoms with E-state index in [1.165, 1.54) is 0 Å². The summed E-state index contributed by atoms with van der Waals surface area (Å²) in [5.41, 5.74) is 7.02. The van der Waals surface area contributed by atoms with E-state index >= 15 is 0 Å². The van der Waals surface area contributed by atoms with Crippen molar-refractivity contribution in [3.8, 4) is 0 Å². The van der Waals surface area contributed by atoms with Crippen LogP contribution < -0.4 is 32.8 Å². The molecule has 3 amide bonds. The van der Waals surface area contributed by atoms with Crippen LogP contribution in [-0.4, -0.2) is 45.4 Å². The number of unbranched alkanes of at least 4 members (excludes halogenated alkanes) is 3. The van der Waals surface area contributed by atoms with Gasteiger partial charge in [0.1, 0.15) is 0 Å². The van der Waals surface area contributed by atoms with Crippen LogP contribution in [0, 0.1) is 5.92 Å². The molecule has 0 aliphatic carbocycles. The fraction of sp³-hybridized carbons (Fsp3) is 0.692. The van der Waals surface area contributed by atoms with Crippen LogP contribution in [0.15, 0.2) is 0 Å². The molecule has 1 heterocycles. The van der Waals surface area contributed by atoms with E-state index in [1.807, 2.05) is 13.8 Å². The quantitative estimate of drug-likeness (QED) is 0.174. The van der Waals surface area contributed by atoms with E-state index in [4.69, 9.17) is 5.84 Å². The first-order valence-electron chi connectivity index (χ1n) is 8.14. The average Bonchev–Trinajstić information content (AvgIpc) is 2.62. The number of hydrogen-bond donors (Lipinski definition) is 6. The summed E-state index contributed by atoms with van der Waals surface area (Å²) in [6.45, 7) is 4.97. The number of aromatic nitrogens is 4. The smallest absolute Gasteiger partial charge is 0.333 e. The third-order valence-corrected chi connectivity index (χ3v) is 3.11. The maximum Gasteiger partial charge on any atom is 0.333 e. The van der Waals surface area contributed by atoms with Gasteiger partial charge in [-0.05, 0) is 12.8 Å². The second kappa shape index (κ2) is 11.7. The molecule has 0 radical (unpaired) electrons. The first kappa shape index (κ1) is 20.3. The number of nitrogens with two attached hydrogens (primary N) is 1. The number of urea groups is 1. The van der Waals surface area contributed by atoms with E-state index in [0.29, 0.717) is 13.1 Å². The molecule has 12 heteroatoms. The Balaban J connectivity index is 1.99. The van der Waals surface area contributed by atoms with Crippen molar-refractivity contribution >= 4 is 23.8 Å². The molecule has 0 aliphatic heterocycles. The highest BCUT2D eigenvalue weighted by Crippen LogP contribution is 1.99. The van der Waals surface area contributed by atoms with Gasteiger partial charge in [0.15, 0.2) is 0 Å². The van der Waals surface area contributed by atoms with Gasteiger partial charge < -0.3 is 10.6 Å². The molecule has 7 N–H and O–H groups in total. The molecule has 0 saturated heterocycles. The minimum absolute atomic E-state index is 0.0172. The van der Waals surface area contributed by atoms with Gasteiger partial charge in [0.2, 0.25) is 5.91 Å². The van der Waals surface area contributed by atoms with Gasteiger partial charge in [0, 0.05) is 19.0 Å². The van der Waals surface area contributed by atoms with Gasteiger partial charge in [-0.25, -0.2) is 16.1 Å². The number of rotatable bonds is 11. The summed E-state index contributed by atoms with van der Waals surface area (Å²) in [7, 11) is 0. The van der Waals surface area contributed by atoms with E-state index in [9.17, 15) is 9.59 Å². The molecule has 140 valence electrons. The van der Waals surface area contributed by atoms with Crippen LogP contribution in [0.25, 0.3) is 0 Å². The van der Waals surface area contributed by atoms with Crippen LogP contribution in [0.1, 0.15) is 39.5 Å². The Bertz CT molecular complexity index is 522. The summed E-state index contributed by atoms with van der Waals surface area (Å²) < 4.78 is 0. The maximum absolute atomic E-state index is 11.6. The van der Waals surface area contributed by atoms with Crippen molar-refractivity contribution in [3.05, 3.63) is 0 Å². The average molecular weight is 354 g/mol. The van der Waals surface area contributed by atoms with Crippen molar-refractivity contribution < 1.29 is 9.59 Å². The topological polar surface area (TPSA) is 172 Å². The lowest BCUT2D eigenvalue weighted by molar-refractivity contribution is -0.123. The normalized spacial score (nSPS) is 10.2. The Labute approximate surface area is 146 Å². The monoisotopic (exact) mass is 354 g/mol. The van der Waals surface area contributed by atoms with Crippen LogP contribution in [0.5, 0.6) is 0 Å². The molecule has 0 aromatic carbocycles. The Hall–Kier alpha value is -2.76. The van der Waals surface area contributed by atoms with Crippen LogP contribution in [0.3, 0.4) is 0 Å². The highest BCUT2D eigenvalue weighted by atomic mass is 16.2. The fourth-order valence-corrected chi connectivity index (χ4v) is 1.72. The first-order chi connectivity index (χ1) is 12.0. The highest BCUT2D eigenvalue weighted by Gasteiger charge is 2.05. The number of carbonyl (C=O) groups excluding carboxylic acids is 2. The third kappa shape index (κ3) is 9.20. The lowest BCUT2D eigenvalue weighted by Gasteiger charge is -2.09. The SMILES string of the molecule is CC(C)C(=O)NCCCCCCNC(=O)NNc1nnc(NN)nn1. The van der Waals surface area contributed by atoms with Gasteiger partial charge in [0.25, 0.3) is 11.9 Å². The summed E-state index contributed by atoms with van der Waals surface area (Å²) in [5.74, 6) is 5.28. The molecule has 25 heavy (non-hydrogen) atoms. The zero-order valence-corrected chi connectivity index (χ0v) is 14.5. The number of carbonyl (C=O) groups is 2. The number of anilines is 2. The molecule has 0 bridgehead atoms. The zero-order valence-electron chi connectivity index (χ0n) is 14.5. The van der Waals surface area contributed by atoms with E-state index in [-0.39, 0.29) is 23.7 Å². The van der Waals surface area contributed by atoms with Gasteiger partial charge in [-0.2, -0.15) is 0 Å². The summed E-state index contributed by atoms with van der Waals surface area (Å²) in [5, 5.41) is 20.0. The second-order valence-corrected chi connectivity index (χ2v) is 5.56. The standard InChI is InChI=1S/C13H26N10O2/c1-9(2)10(24)15-7-5-3-4-6-8-16-13(25)23-22-12-20-18-11(17-14)19-21-12/h9H,3-8,14H2,1-2H3,(H,15,24)(H2,16,23,25)(H,17,18,19)(H,20,21,22). The molecule has 1 aromatic heterocycles. The highest BCUT2D eigenvalue weighted by molar-refractivity contribution is 5.77. The summed E-state index contributed by atoms with van der Waals surface area (Å²) in [6, 6.07) is -0.408. The molecule has 0 aliphatic rings. The van der Waals surface area contributed by atoms with E-state index in [0.717, 1.165) is 25.7 Å². The summed E-state index contributed by atoms with van der Waals surface area (Å²) >= 11 is 0. The number of amides is 3. The van der Waals surface area contributed by atoms with Gasteiger partial charge in [-0.1, -0.05) is 26.7 Å². The Morgan fingerprint density at radius 3 is 2.04 bits per heavy atom. The van der Waals surface area contributed by atoms with Crippen molar-refractivity contribution in [2.24, 2.45) is 11.8 Å². The summed E-state index contributed by atoms with van der Waals surface area (Å²) in [6.07, 6.45) is 3.74. The predicted molar refractivity (Wildman–Crippen MR) is 91.9 cm³/mol. The van der Waals surface area contributed by atoms with Crippen molar-refractivity contribution in [2.45, 2.75) is 39.5 Å². The number of nitrogen functional groups attached to an aromatic ring is 1. The van der Waals surface area contributed by atoms with Crippen molar-refractivity contribution in [1.29, 1.82) is 0 Å². The summed E-state index contributed by atoms with van der Waals surface area (Å²) in [4.78, 5) is 22.9. The maximum atomic E-state index is 11.6. The molecule has 1 rings (SSSR count). The molecule has 12 nitrogen and oxygen atoms in total. The lowest BCUT2D eigenvalue weighted by atomic mass is 10.2. The fourth-order valence-electron chi connectivity index (χ4n) is 1.72. The Morgan fingerprint density at radius 1 is 0.920 bits per heavy atom. The Morgan fingerprint density at radius 2 is 1.48 bits per heavy atom. The number of nitrogens with zero attached hydrogens (tertiary/aromatic N) is 4. The number of hydrazine groups is 2. The van der Waals surface area contributed by atoms with E-state index < -0.39 is 6.03 Å². The van der Waals surface area contributed by atoms with Crippen molar-refractivity contribution in [1.82, 2.24) is 36.5 Å². The van der Waals surface area contributed by atoms with Crippen LogP contribution in [0.4, 0.5) is 16.7 Å². The van der Waals surface area contributed by atoms with Crippen LogP contribution >= 0.6 is 0 Å². The molecular formula is C13H26N10O2. The first-order valence-corrected chi connectivity index (χ1v) is 8.14. The number of hydrogen-bond acceptors (Lipinski definition) is 9. The van der Waals surface area contributed by atoms with Gasteiger partial charge in [-0.3, -0.25) is 15.6 Å². The predicted octanol–water partition coefficient (Wildman–Crippen LogP) is -0.489. The largest absolute Gasteiger partial charge is 0.356 e. The number of nitrogens with one attached hydrogen (secondary N) is 5. The van der Waals surface area contributed by atoms with Gasteiger partial charge in [0.05, 0.1) is 0 Å². The lowest BCUT2D eigenvalue weighted by Crippen LogP contribution is -2.40. The van der Waals surface area contributed by atoms with Gasteiger partial charge in [-0.15, -0.1) is 20.4 Å². The van der Waals surface area contributed by atoms with Gasteiger partial charge >= 0.3 is 6.03 Å². The zero-order chi connectivity index (χ0) is 18.5. The van der Waals surface area contributed by atoms with Crippen molar-refractivity contribution in [2.75, 3.05) is 23.9 Å². The van der Waals surface area contributed by atoms with Crippen LogP contribution in [0.2, 0.25) is 0 Å². The van der Waals surface area contributed by atoms with Crippen LogP contribution in [-0.2, 0) is 4.79 Å². The third-order valence-electron chi connectivity index (χ3n) is 3.11. The Kier molecular flexibility index (Phi) is 9.51. The molecule has 0 fully saturated rings. The molecule has 1 aromatic rings. The molecule has 0 saturated carbocycles. The minimum atomic E-state index is -0.408. The molecule has 0 spiro atoms. The second-order valence-electron chi connectivity index (χ2n) is 5.56.